The van der Waals surface area contributed by atoms with E-state index in [1.165, 1.54) is 37.3 Å². The first-order valence-corrected chi connectivity index (χ1v) is 8.45. The monoisotopic (exact) mass is 350 g/mol. The maximum Gasteiger partial charge on any atom is 0.376 e. The molecule has 0 radical (unpaired) electrons. The third-order valence-electron chi connectivity index (χ3n) is 3.48. The van der Waals surface area contributed by atoms with Crippen LogP contribution in [0.1, 0.15) is 5.69 Å². The molecule has 0 aliphatic heterocycles. The van der Waals surface area contributed by atoms with Crippen molar-refractivity contribution in [2.24, 2.45) is 0 Å². The number of benzene rings is 2. The van der Waals surface area contributed by atoms with Gasteiger partial charge in [0.1, 0.15) is 11.2 Å². The molecular weight excluding hydrogens is 340 g/mol. The molecule has 0 N–H and O–H groups in total. The number of nitrogens with zero attached hydrogens (tertiary/aromatic N) is 2. The number of rotatable bonds is 2. The van der Waals surface area contributed by atoms with Crippen LogP contribution in [0.4, 0.5) is 0 Å². The first-order valence-electron chi connectivity index (χ1n) is 6.59. The van der Waals surface area contributed by atoms with Gasteiger partial charge in [-0.1, -0.05) is 29.8 Å². The Hall–Kier alpha value is -2.38. The first kappa shape index (κ1) is 15.5. The fraction of sp³-hybridized carbons (Fsp3) is 0.0667. The smallest absolute Gasteiger partial charge is 0.376 e. The molecule has 0 amide bonds. The van der Waals surface area contributed by atoms with Crippen molar-refractivity contribution in [1.82, 2.24) is 4.73 Å². The topological polar surface area (TPSA) is 85.1 Å². The van der Waals surface area contributed by atoms with Gasteiger partial charge in [0.05, 0.1) is 9.32 Å². The minimum atomic E-state index is -4.14. The number of aromatic nitrogens is 2. The lowest BCUT2D eigenvalue weighted by Crippen LogP contribution is -2.30. The number of fused-ring (bicyclic) bond motifs is 1. The summed E-state index contributed by atoms with van der Waals surface area (Å²) >= 11 is 5.85. The normalized spacial score (nSPS) is 11.7. The Labute approximate surface area is 136 Å². The van der Waals surface area contributed by atoms with Crippen LogP contribution >= 0.6 is 11.6 Å². The predicted octanol–water partition coefficient (Wildman–Crippen LogP) is 2.70. The summed E-state index contributed by atoms with van der Waals surface area (Å²) in [5, 5.41) is 12.0. The fourth-order valence-electron chi connectivity index (χ4n) is 2.37. The van der Waals surface area contributed by atoms with Gasteiger partial charge in [0.25, 0.3) is 15.4 Å². The van der Waals surface area contributed by atoms with Crippen molar-refractivity contribution in [3.63, 3.8) is 0 Å². The standard InChI is InChI=1S/C15H11ClN2O4S/c1-10-15(23(21,22)12-5-3-2-4-6-12)18(20)14-9-11(16)7-8-13(14)17(10)19/h2-9H,1H3. The van der Waals surface area contributed by atoms with E-state index in [4.69, 9.17) is 11.6 Å². The zero-order valence-electron chi connectivity index (χ0n) is 11.9. The molecule has 0 aliphatic carbocycles. The fourth-order valence-corrected chi connectivity index (χ4v) is 4.06. The van der Waals surface area contributed by atoms with E-state index in [9.17, 15) is 18.5 Å². The molecule has 118 valence electrons. The van der Waals surface area contributed by atoms with E-state index < -0.39 is 14.9 Å². The summed E-state index contributed by atoms with van der Waals surface area (Å²) in [4.78, 5) is 12.5. The van der Waals surface area contributed by atoms with Gasteiger partial charge in [0.15, 0.2) is 0 Å². The highest BCUT2D eigenvalue weighted by Crippen LogP contribution is 2.24. The second kappa shape index (κ2) is 5.36. The average Bonchev–Trinajstić information content (AvgIpc) is 2.53. The van der Waals surface area contributed by atoms with Gasteiger partial charge in [-0.3, -0.25) is 0 Å². The van der Waals surface area contributed by atoms with E-state index in [-0.39, 0.29) is 31.1 Å². The third-order valence-corrected chi connectivity index (χ3v) is 5.58. The number of sulfone groups is 1. The highest BCUT2D eigenvalue weighted by molar-refractivity contribution is 7.91. The van der Waals surface area contributed by atoms with E-state index in [0.717, 1.165) is 0 Å². The van der Waals surface area contributed by atoms with Crippen molar-refractivity contribution < 1.29 is 12.8 Å². The van der Waals surface area contributed by atoms with Crippen LogP contribution in [-0.2, 0) is 9.84 Å². The SMILES string of the molecule is Cc1c(S(=O)(=O)c2ccccc2)[n+](=O)c2cc(Cl)ccc2n1[O-]. The Morgan fingerprint density at radius 1 is 1.13 bits per heavy atom. The summed E-state index contributed by atoms with van der Waals surface area (Å²) in [6.45, 7) is 1.30. The van der Waals surface area contributed by atoms with Crippen LogP contribution in [-0.4, -0.2) is 13.1 Å². The van der Waals surface area contributed by atoms with E-state index in [2.05, 4.69) is 0 Å². The highest BCUT2D eigenvalue weighted by Gasteiger charge is 2.34. The van der Waals surface area contributed by atoms with Crippen LogP contribution in [0.2, 0.25) is 5.02 Å². The molecule has 6 nitrogen and oxygen atoms in total. The van der Waals surface area contributed by atoms with E-state index >= 15 is 0 Å². The zero-order valence-corrected chi connectivity index (χ0v) is 13.5. The number of hydrogen-bond donors (Lipinski definition) is 0. The van der Waals surface area contributed by atoms with Crippen LogP contribution < -0.4 is 4.43 Å². The van der Waals surface area contributed by atoms with Crippen LogP contribution in [0.5, 0.6) is 0 Å². The van der Waals surface area contributed by atoms with Gasteiger partial charge in [0.2, 0.25) is 0 Å². The van der Waals surface area contributed by atoms with Crippen LogP contribution in [0.3, 0.4) is 0 Å². The Balaban J connectivity index is 2.46. The Bertz CT molecular complexity index is 1080. The van der Waals surface area contributed by atoms with Gasteiger partial charge in [-0.15, -0.1) is 0 Å². The predicted molar refractivity (Wildman–Crippen MR) is 85.7 cm³/mol. The molecule has 3 aromatic rings. The molecule has 8 heteroatoms. The molecular formula is C15H11ClN2O4S. The van der Waals surface area contributed by atoms with Gasteiger partial charge in [-0.05, 0) is 31.2 Å². The van der Waals surface area contributed by atoms with Gasteiger partial charge in [-0.25, -0.2) is 8.42 Å². The highest BCUT2D eigenvalue weighted by atomic mass is 35.5. The minimum absolute atomic E-state index is 0.0499. The number of hydrogen-bond acceptors (Lipinski definition) is 4. The molecule has 0 spiro atoms. The maximum absolute atomic E-state index is 12.8. The van der Waals surface area contributed by atoms with Crippen LogP contribution in [0.25, 0.3) is 11.0 Å². The lowest BCUT2D eigenvalue weighted by molar-refractivity contribution is -0.512. The summed E-state index contributed by atoms with van der Waals surface area (Å²) in [5.41, 5.74) is -0.250. The summed E-state index contributed by atoms with van der Waals surface area (Å²) in [7, 11) is -4.14. The van der Waals surface area contributed by atoms with Crippen molar-refractivity contribution in [3.05, 3.63) is 69.4 Å². The van der Waals surface area contributed by atoms with E-state index in [1.807, 2.05) is 0 Å². The van der Waals surface area contributed by atoms with Gasteiger partial charge >= 0.3 is 5.03 Å². The summed E-state index contributed by atoms with van der Waals surface area (Å²) in [5.74, 6) is 0. The van der Waals surface area contributed by atoms with Gasteiger partial charge in [0, 0.05) is 16.0 Å². The molecule has 0 unspecified atom stereocenters. The van der Waals surface area contributed by atoms with Crippen LogP contribution in [0, 0.1) is 17.0 Å². The largest absolute Gasteiger partial charge is 0.805 e. The zero-order chi connectivity index (χ0) is 16.8. The molecule has 0 atom stereocenters. The lowest BCUT2D eigenvalue weighted by atomic mass is 10.3. The summed E-state index contributed by atoms with van der Waals surface area (Å²) < 4.78 is 26.2. The van der Waals surface area contributed by atoms with Crippen molar-refractivity contribution in [2.75, 3.05) is 0 Å². The van der Waals surface area contributed by atoms with Crippen molar-refractivity contribution >= 4 is 32.5 Å². The Morgan fingerprint density at radius 3 is 2.43 bits per heavy atom. The molecule has 0 bridgehead atoms. The quantitative estimate of drug-likeness (QED) is 0.665. The van der Waals surface area contributed by atoms with Gasteiger partial charge in [-0.2, -0.15) is 0 Å². The van der Waals surface area contributed by atoms with Gasteiger partial charge < -0.3 is 9.94 Å². The Kier molecular flexibility index (Phi) is 3.62. The Morgan fingerprint density at radius 2 is 1.78 bits per heavy atom. The molecule has 1 aromatic heterocycles. The van der Waals surface area contributed by atoms with E-state index in [1.54, 1.807) is 18.2 Å². The second-order valence-electron chi connectivity index (χ2n) is 4.93. The molecule has 0 aliphatic rings. The lowest BCUT2D eigenvalue weighted by Gasteiger charge is -2.16. The molecule has 3 rings (SSSR count). The number of halogens is 1. The first-order chi connectivity index (χ1) is 10.8. The average molecular weight is 351 g/mol. The molecule has 0 saturated heterocycles. The molecule has 1 heterocycles. The van der Waals surface area contributed by atoms with Crippen molar-refractivity contribution in [2.45, 2.75) is 16.8 Å². The minimum Gasteiger partial charge on any atom is -0.805 e. The third kappa shape index (κ3) is 2.38. The summed E-state index contributed by atoms with van der Waals surface area (Å²) in [6, 6.07) is 11.6. The van der Waals surface area contributed by atoms with Crippen molar-refractivity contribution in [1.29, 1.82) is 0 Å². The molecule has 2 aromatic carbocycles. The maximum atomic E-state index is 12.8. The van der Waals surface area contributed by atoms with Crippen molar-refractivity contribution in [3.8, 4) is 0 Å². The molecule has 0 saturated carbocycles. The molecule has 0 fully saturated rings. The van der Waals surface area contributed by atoms with E-state index in [0.29, 0.717) is 4.73 Å². The second-order valence-corrected chi connectivity index (χ2v) is 7.23. The van der Waals surface area contributed by atoms with Crippen LogP contribution in [0.15, 0.2) is 58.5 Å². The molecule has 23 heavy (non-hydrogen) atoms. The summed E-state index contributed by atoms with van der Waals surface area (Å²) in [6.07, 6.45) is 0.